The molecular formula is C20H20FNO3S. The topological polar surface area (TPSA) is 46.6 Å². The van der Waals surface area contributed by atoms with Crippen LogP contribution in [0.1, 0.15) is 29.3 Å². The lowest BCUT2D eigenvalue weighted by atomic mass is 10.1. The van der Waals surface area contributed by atoms with Crippen LogP contribution in [0.25, 0.3) is 0 Å². The van der Waals surface area contributed by atoms with E-state index >= 15 is 0 Å². The van der Waals surface area contributed by atoms with Crippen LogP contribution in [0.5, 0.6) is 0 Å². The summed E-state index contributed by atoms with van der Waals surface area (Å²) in [5.41, 5.74) is 1.39. The van der Waals surface area contributed by atoms with Crippen LogP contribution >= 0.6 is 11.8 Å². The molecule has 0 saturated carbocycles. The highest BCUT2D eigenvalue weighted by Gasteiger charge is 2.25. The lowest BCUT2D eigenvalue weighted by molar-refractivity contribution is -0.121. The van der Waals surface area contributed by atoms with E-state index in [1.54, 1.807) is 23.6 Å². The molecule has 3 rings (SSSR count). The van der Waals surface area contributed by atoms with Crippen LogP contribution in [0.2, 0.25) is 0 Å². The third kappa shape index (κ3) is 4.07. The molecule has 2 aromatic rings. The van der Waals surface area contributed by atoms with Crippen LogP contribution in [0, 0.1) is 12.7 Å². The molecule has 0 bridgehead atoms. The molecule has 4 nitrogen and oxygen atoms in total. The SMILES string of the molecule is Cc1ccc(C(=O)OCC(=O)N2CC[C@H](C)Sc3ccccc32)cc1F. The summed E-state index contributed by atoms with van der Waals surface area (Å²) in [4.78, 5) is 27.4. The van der Waals surface area contributed by atoms with Crippen molar-refractivity contribution in [3.63, 3.8) is 0 Å². The molecule has 26 heavy (non-hydrogen) atoms. The maximum Gasteiger partial charge on any atom is 0.338 e. The van der Waals surface area contributed by atoms with Gasteiger partial charge in [-0.25, -0.2) is 9.18 Å². The van der Waals surface area contributed by atoms with E-state index in [0.29, 0.717) is 17.4 Å². The highest BCUT2D eigenvalue weighted by Crippen LogP contribution is 2.37. The minimum Gasteiger partial charge on any atom is -0.452 e. The first kappa shape index (κ1) is 18.5. The van der Waals surface area contributed by atoms with Crippen LogP contribution in [0.3, 0.4) is 0 Å². The highest BCUT2D eigenvalue weighted by atomic mass is 32.2. The number of para-hydroxylation sites is 1. The number of benzene rings is 2. The Bertz CT molecular complexity index is 840. The normalized spacial score (nSPS) is 16.6. The fourth-order valence-electron chi connectivity index (χ4n) is 2.75. The van der Waals surface area contributed by atoms with E-state index in [4.69, 9.17) is 4.74 Å². The van der Waals surface area contributed by atoms with E-state index in [0.717, 1.165) is 23.1 Å². The Balaban J connectivity index is 1.70. The molecule has 0 fully saturated rings. The van der Waals surface area contributed by atoms with Gasteiger partial charge in [-0.3, -0.25) is 4.79 Å². The minimum atomic E-state index is -0.705. The zero-order valence-electron chi connectivity index (χ0n) is 14.7. The number of aryl methyl sites for hydroxylation is 1. The Morgan fingerprint density at radius 3 is 2.81 bits per heavy atom. The fraction of sp³-hybridized carbons (Fsp3) is 0.300. The van der Waals surface area contributed by atoms with Crippen molar-refractivity contribution in [2.45, 2.75) is 30.4 Å². The molecule has 0 N–H and O–H groups in total. The number of amides is 1. The number of carbonyl (C=O) groups is 2. The number of rotatable bonds is 3. The van der Waals surface area contributed by atoms with E-state index in [1.807, 2.05) is 24.3 Å². The molecule has 1 amide bonds. The molecule has 0 aromatic heterocycles. The van der Waals surface area contributed by atoms with Gasteiger partial charge in [-0.15, -0.1) is 11.8 Å². The van der Waals surface area contributed by atoms with Crippen LogP contribution in [-0.4, -0.2) is 30.3 Å². The Hall–Kier alpha value is -2.34. The van der Waals surface area contributed by atoms with Crippen LogP contribution in [-0.2, 0) is 9.53 Å². The van der Waals surface area contributed by atoms with E-state index in [2.05, 4.69) is 6.92 Å². The van der Waals surface area contributed by atoms with Crippen molar-refractivity contribution in [3.8, 4) is 0 Å². The van der Waals surface area contributed by atoms with E-state index in [9.17, 15) is 14.0 Å². The summed E-state index contributed by atoms with van der Waals surface area (Å²) in [6.45, 7) is 3.94. The summed E-state index contributed by atoms with van der Waals surface area (Å²) in [6, 6.07) is 11.8. The average molecular weight is 373 g/mol. The third-order valence-electron chi connectivity index (χ3n) is 4.28. The number of hydrogen-bond donors (Lipinski definition) is 0. The molecular weight excluding hydrogens is 353 g/mol. The van der Waals surface area contributed by atoms with Gasteiger partial charge < -0.3 is 9.64 Å². The Kier molecular flexibility index (Phi) is 5.61. The monoisotopic (exact) mass is 373 g/mol. The second kappa shape index (κ2) is 7.91. The molecule has 0 radical (unpaired) electrons. The molecule has 0 aliphatic carbocycles. The molecule has 1 atom stereocenters. The van der Waals surface area contributed by atoms with Gasteiger partial charge in [0, 0.05) is 16.7 Å². The standard InChI is InChI=1S/C20H20FNO3S/c1-13-7-8-15(11-16(13)21)20(24)25-12-19(23)22-10-9-14(2)26-18-6-4-3-5-17(18)22/h3-8,11,14H,9-10,12H2,1-2H3/t14-/m0/s1. The van der Waals surface area contributed by atoms with Gasteiger partial charge in [0.25, 0.3) is 5.91 Å². The number of fused-ring (bicyclic) bond motifs is 1. The summed E-state index contributed by atoms with van der Waals surface area (Å²) < 4.78 is 18.7. The first-order chi connectivity index (χ1) is 12.5. The molecule has 0 spiro atoms. The first-order valence-electron chi connectivity index (χ1n) is 8.45. The number of nitrogens with zero attached hydrogens (tertiary/aromatic N) is 1. The van der Waals surface area contributed by atoms with Crippen molar-refractivity contribution >= 4 is 29.3 Å². The number of halogens is 1. The summed E-state index contributed by atoms with van der Waals surface area (Å²) in [6.07, 6.45) is 0.849. The number of carbonyl (C=O) groups excluding carboxylic acids is 2. The fourth-order valence-corrected chi connectivity index (χ4v) is 3.87. The quantitative estimate of drug-likeness (QED) is 0.756. The van der Waals surface area contributed by atoms with Crippen molar-refractivity contribution in [1.29, 1.82) is 0 Å². The smallest absolute Gasteiger partial charge is 0.338 e. The van der Waals surface area contributed by atoms with Gasteiger partial charge in [0.2, 0.25) is 0 Å². The number of hydrogen-bond acceptors (Lipinski definition) is 4. The van der Waals surface area contributed by atoms with Gasteiger partial charge in [0.15, 0.2) is 6.61 Å². The van der Waals surface area contributed by atoms with E-state index in [-0.39, 0.29) is 18.1 Å². The summed E-state index contributed by atoms with van der Waals surface area (Å²) in [7, 11) is 0. The van der Waals surface area contributed by atoms with Gasteiger partial charge in [0.05, 0.1) is 11.3 Å². The number of anilines is 1. The predicted octanol–water partition coefficient (Wildman–Crippen LogP) is 4.21. The van der Waals surface area contributed by atoms with Crippen molar-refractivity contribution in [3.05, 3.63) is 59.4 Å². The molecule has 136 valence electrons. The zero-order valence-corrected chi connectivity index (χ0v) is 15.5. The molecule has 1 aliphatic heterocycles. The lowest BCUT2D eigenvalue weighted by Crippen LogP contribution is -2.35. The van der Waals surface area contributed by atoms with Crippen molar-refractivity contribution in [1.82, 2.24) is 0 Å². The third-order valence-corrected chi connectivity index (χ3v) is 5.52. The minimum absolute atomic E-state index is 0.0985. The van der Waals surface area contributed by atoms with E-state index < -0.39 is 11.8 Å². The van der Waals surface area contributed by atoms with Gasteiger partial charge in [0.1, 0.15) is 5.82 Å². The first-order valence-corrected chi connectivity index (χ1v) is 9.33. The van der Waals surface area contributed by atoms with Gasteiger partial charge >= 0.3 is 5.97 Å². The number of thioether (sulfide) groups is 1. The number of ether oxygens (including phenoxy) is 1. The zero-order chi connectivity index (χ0) is 18.7. The lowest BCUT2D eigenvalue weighted by Gasteiger charge is -2.22. The van der Waals surface area contributed by atoms with Gasteiger partial charge in [-0.05, 0) is 43.2 Å². The second-order valence-electron chi connectivity index (χ2n) is 6.27. The Labute approximate surface area is 156 Å². The maximum absolute atomic E-state index is 13.6. The van der Waals surface area contributed by atoms with Gasteiger partial charge in [-0.2, -0.15) is 0 Å². The van der Waals surface area contributed by atoms with E-state index in [1.165, 1.54) is 12.1 Å². The van der Waals surface area contributed by atoms with Crippen molar-refractivity contribution in [2.24, 2.45) is 0 Å². The summed E-state index contributed by atoms with van der Waals surface area (Å²) in [5.74, 6) is -1.46. The summed E-state index contributed by atoms with van der Waals surface area (Å²) in [5, 5.41) is 0.395. The van der Waals surface area contributed by atoms with Gasteiger partial charge in [-0.1, -0.05) is 25.1 Å². The molecule has 2 aromatic carbocycles. The van der Waals surface area contributed by atoms with Crippen LogP contribution in [0.4, 0.5) is 10.1 Å². The summed E-state index contributed by atoms with van der Waals surface area (Å²) >= 11 is 1.73. The van der Waals surface area contributed by atoms with Crippen molar-refractivity contribution in [2.75, 3.05) is 18.1 Å². The molecule has 0 unspecified atom stereocenters. The second-order valence-corrected chi connectivity index (χ2v) is 7.75. The maximum atomic E-state index is 13.6. The molecule has 0 saturated heterocycles. The van der Waals surface area contributed by atoms with Crippen molar-refractivity contribution < 1.29 is 18.7 Å². The Morgan fingerprint density at radius 2 is 2.04 bits per heavy atom. The largest absolute Gasteiger partial charge is 0.452 e. The highest BCUT2D eigenvalue weighted by molar-refractivity contribution is 8.00. The molecule has 6 heteroatoms. The molecule has 1 heterocycles. The predicted molar refractivity (Wildman–Crippen MR) is 100 cm³/mol. The Morgan fingerprint density at radius 1 is 1.27 bits per heavy atom. The molecule has 1 aliphatic rings. The van der Waals surface area contributed by atoms with Crippen LogP contribution in [0.15, 0.2) is 47.4 Å². The average Bonchev–Trinajstić information content (AvgIpc) is 2.80. The number of esters is 1. The van der Waals surface area contributed by atoms with Crippen LogP contribution < -0.4 is 4.90 Å².